The van der Waals surface area contributed by atoms with Crippen LogP contribution in [0.2, 0.25) is 0 Å². The van der Waals surface area contributed by atoms with Gasteiger partial charge in [-0.05, 0) is 47.4 Å². The highest BCUT2D eigenvalue weighted by molar-refractivity contribution is 6.05. The van der Waals surface area contributed by atoms with E-state index in [0.717, 1.165) is 5.56 Å². The summed E-state index contributed by atoms with van der Waals surface area (Å²) in [5.74, 6) is 1.20. The van der Waals surface area contributed by atoms with Crippen LogP contribution >= 0.6 is 0 Å². The zero-order chi connectivity index (χ0) is 24.0. The van der Waals surface area contributed by atoms with E-state index < -0.39 is 6.09 Å². The van der Waals surface area contributed by atoms with Gasteiger partial charge in [-0.3, -0.25) is 4.79 Å². The number of nitrogens with zero attached hydrogens (tertiary/aromatic N) is 1. The van der Waals surface area contributed by atoms with Gasteiger partial charge in [-0.25, -0.2) is 9.78 Å². The number of anilines is 1. The molecule has 0 saturated heterocycles. The molecule has 2 amide bonds. The van der Waals surface area contributed by atoms with Gasteiger partial charge in [0.1, 0.15) is 17.2 Å². The van der Waals surface area contributed by atoms with Gasteiger partial charge in [-0.2, -0.15) is 0 Å². The van der Waals surface area contributed by atoms with Crippen LogP contribution in [-0.4, -0.2) is 31.1 Å². The average molecular weight is 450 g/mol. The molecule has 1 heterocycles. The SMILES string of the molecule is CNC(=O)Oc1cc(Oc2cccc(C(=O)Nc3cc(C(C)(C)C)ccc3OC)c2)ccn1. The van der Waals surface area contributed by atoms with Crippen molar-refractivity contribution >= 4 is 17.7 Å². The molecule has 8 heteroatoms. The third-order valence-electron chi connectivity index (χ3n) is 4.75. The first kappa shape index (κ1) is 23.6. The Morgan fingerprint density at radius 2 is 1.73 bits per heavy atom. The van der Waals surface area contributed by atoms with Crippen molar-refractivity contribution in [1.82, 2.24) is 10.3 Å². The zero-order valence-corrected chi connectivity index (χ0v) is 19.3. The minimum absolute atomic E-state index is 0.0790. The quantitative estimate of drug-likeness (QED) is 0.540. The first-order valence-corrected chi connectivity index (χ1v) is 10.3. The van der Waals surface area contributed by atoms with Crippen LogP contribution in [-0.2, 0) is 5.41 Å². The molecule has 1 aromatic heterocycles. The van der Waals surface area contributed by atoms with E-state index in [0.29, 0.717) is 28.5 Å². The van der Waals surface area contributed by atoms with Crippen molar-refractivity contribution in [2.45, 2.75) is 26.2 Å². The highest BCUT2D eigenvalue weighted by atomic mass is 16.6. The molecule has 0 aliphatic heterocycles. The van der Waals surface area contributed by atoms with Crippen LogP contribution < -0.4 is 24.8 Å². The molecule has 0 aliphatic carbocycles. The van der Waals surface area contributed by atoms with Crippen molar-refractivity contribution < 1.29 is 23.8 Å². The Balaban J connectivity index is 1.78. The molecule has 2 aromatic carbocycles. The van der Waals surface area contributed by atoms with Crippen molar-refractivity contribution in [3.8, 4) is 23.1 Å². The fraction of sp³-hybridized carbons (Fsp3) is 0.240. The Bertz CT molecular complexity index is 1150. The van der Waals surface area contributed by atoms with Crippen LogP contribution in [0.4, 0.5) is 10.5 Å². The summed E-state index contributed by atoms with van der Waals surface area (Å²) in [6.07, 6.45) is 0.822. The molecule has 0 atom stereocenters. The molecule has 172 valence electrons. The molecule has 0 radical (unpaired) electrons. The van der Waals surface area contributed by atoms with E-state index in [1.54, 1.807) is 37.4 Å². The van der Waals surface area contributed by atoms with E-state index in [2.05, 4.69) is 36.4 Å². The maximum Gasteiger partial charge on any atom is 0.413 e. The van der Waals surface area contributed by atoms with E-state index in [4.69, 9.17) is 14.2 Å². The monoisotopic (exact) mass is 449 g/mol. The number of carbonyl (C=O) groups excluding carboxylic acids is 2. The summed E-state index contributed by atoms with van der Waals surface area (Å²) in [5.41, 5.74) is 1.99. The number of benzene rings is 2. The number of amides is 2. The predicted molar refractivity (Wildman–Crippen MR) is 125 cm³/mol. The van der Waals surface area contributed by atoms with E-state index in [9.17, 15) is 9.59 Å². The lowest BCUT2D eigenvalue weighted by Gasteiger charge is -2.21. The number of pyridine rings is 1. The summed E-state index contributed by atoms with van der Waals surface area (Å²) < 4.78 is 16.2. The Hall–Kier alpha value is -4.07. The fourth-order valence-corrected chi connectivity index (χ4v) is 2.96. The van der Waals surface area contributed by atoms with Crippen molar-refractivity contribution in [1.29, 1.82) is 0 Å². The third kappa shape index (κ3) is 6.22. The predicted octanol–water partition coefficient (Wildman–Crippen LogP) is 5.15. The van der Waals surface area contributed by atoms with E-state index >= 15 is 0 Å². The summed E-state index contributed by atoms with van der Waals surface area (Å²) >= 11 is 0. The summed E-state index contributed by atoms with van der Waals surface area (Å²) in [5, 5.41) is 5.27. The Kier molecular flexibility index (Phi) is 7.17. The molecule has 33 heavy (non-hydrogen) atoms. The first-order valence-electron chi connectivity index (χ1n) is 10.3. The molecular weight excluding hydrogens is 422 g/mol. The smallest absolute Gasteiger partial charge is 0.413 e. The highest BCUT2D eigenvalue weighted by Gasteiger charge is 2.18. The van der Waals surface area contributed by atoms with E-state index in [1.807, 2.05) is 18.2 Å². The van der Waals surface area contributed by atoms with Gasteiger partial charge < -0.3 is 24.8 Å². The van der Waals surface area contributed by atoms with Gasteiger partial charge in [0.05, 0.1) is 12.8 Å². The van der Waals surface area contributed by atoms with Crippen molar-refractivity contribution in [3.05, 3.63) is 71.9 Å². The first-order chi connectivity index (χ1) is 15.7. The van der Waals surface area contributed by atoms with Crippen LogP contribution in [0.25, 0.3) is 0 Å². The molecule has 0 spiro atoms. The second kappa shape index (κ2) is 10.0. The average Bonchev–Trinajstić information content (AvgIpc) is 2.78. The van der Waals surface area contributed by atoms with Gasteiger partial charge in [-0.1, -0.05) is 32.9 Å². The molecule has 0 saturated carbocycles. The molecule has 2 N–H and O–H groups in total. The largest absolute Gasteiger partial charge is 0.495 e. The van der Waals surface area contributed by atoms with Gasteiger partial charge in [0, 0.05) is 24.9 Å². The van der Waals surface area contributed by atoms with Crippen molar-refractivity contribution in [2.75, 3.05) is 19.5 Å². The Labute approximate surface area is 192 Å². The fourth-order valence-electron chi connectivity index (χ4n) is 2.96. The minimum Gasteiger partial charge on any atom is -0.495 e. The summed E-state index contributed by atoms with van der Waals surface area (Å²) in [6.45, 7) is 6.31. The number of rotatable bonds is 6. The highest BCUT2D eigenvalue weighted by Crippen LogP contribution is 2.32. The van der Waals surface area contributed by atoms with Crippen LogP contribution in [0.3, 0.4) is 0 Å². The normalized spacial score (nSPS) is 10.8. The van der Waals surface area contributed by atoms with Gasteiger partial charge in [0.2, 0.25) is 5.88 Å². The third-order valence-corrected chi connectivity index (χ3v) is 4.75. The number of methoxy groups -OCH3 is 1. The lowest BCUT2D eigenvalue weighted by atomic mass is 9.87. The molecule has 0 unspecified atom stereocenters. The topological polar surface area (TPSA) is 98.8 Å². The lowest BCUT2D eigenvalue weighted by Crippen LogP contribution is -2.22. The molecule has 3 rings (SSSR count). The number of nitrogens with one attached hydrogen (secondary N) is 2. The van der Waals surface area contributed by atoms with Crippen molar-refractivity contribution in [3.63, 3.8) is 0 Å². The van der Waals surface area contributed by atoms with Gasteiger partial charge in [-0.15, -0.1) is 0 Å². The molecular formula is C25H27N3O5. The van der Waals surface area contributed by atoms with Gasteiger partial charge >= 0.3 is 6.09 Å². The molecule has 0 aliphatic rings. The molecule has 0 bridgehead atoms. The van der Waals surface area contributed by atoms with Gasteiger partial charge in [0.15, 0.2) is 0 Å². The van der Waals surface area contributed by atoms with Crippen LogP contribution in [0.15, 0.2) is 60.8 Å². The van der Waals surface area contributed by atoms with Gasteiger partial charge in [0.25, 0.3) is 5.91 Å². The molecule has 3 aromatic rings. The molecule has 8 nitrogen and oxygen atoms in total. The number of ether oxygens (including phenoxy) is 3. The van der Waals surface area contributed by atoms with Crippen LogP contribution in [0.5, 0.6) is 23.1 Å². The number of aromatic nitrogens is 1. The number of hydrogen-bond acceptors (Lipinski definition) is 6. The maximum atomic E-state index is 13.0. The minimum atomic E-state index is -0.635. The van der Waals surface area contributed by atoms with E-state index in [1.165, 1.54) is 19.3 Å². The summed E-state index contributed by atoms with van der Waals surface area (Å²) in [4.78, 5) is 28.3. The van der Waals surface area contributed by atoms with Crippen LogP contribution in [0, 0.1) is 0 Å². The maximum absolute atomic E-state index is 13.0. The molecule has 0 fully saturated rings. The lowest BCUT2D eigenvalue weighted by molar-refractivity contribution is 0.102. The second-order valence-corrected chi connectivity index (χ2v) is 8.22. The van der Waals surface area contributed by atoms with Crippen LogP contribution in [0.1, 0.15) is 36.7 Å². The number of carbonyl (C=O) groups is 2. The van der Waals surface area contributed by atoms with Crippen molar-refractivity contribution in [2.24, 2.45) is 0 Å². The summed E-state index contributed by atoms with van der Waals surface area (Å²) in [7, 11) is 3.02. The summed E-state index contributed by atoms with van der Waals surface area (Å²) in [6, 6.07) is 15.6. The Morgan fingerprint density at radius 1 is 0.970 bits per heavy atom. The second-order valence-electron chi connectivity index (χ2n) is 8.22. The standard InChI is InChI=1S/C25H27N3O5/c1-25(2,3)17-9-10-21(31-5)20(14-17)28-23(29)16-7-6-8-18(13-16)32-19-11-12-27-22(15-19)33-24(30)26-4/h6-15H,1-5H3,(H,26,30)(H,28,29). The number of hydrogen-bond donors (Lipinski definition) is 2. The zero-order valence-electron chi connectivity index (χ0n) is 19.3. The Morgan fingerprint density at radius 3 is 2.42 bits per heavy atom. The van der Waals surface area contributed by atoms with E-state index in [-0.39, 0.29) is 17.2 Å².